The van der Waals surface area contributed by atoms with E-state index in [0.717, 1.165) is 5.92 Å². The summed E-state index contributed by atoms with van der Waals surface area (Å²) in [6, 6.07) is 3.87. The van der Waals surface area contributed by atoms with Crippen LogP contribution >= 0.6 is 0 Å². The molecule has 0 radical (unpaired) electrons. The molecule has 24 heavy (non-hydrogen) atoms. The lowest BCUT2D eigenvalue weighted by Crippen LogP contribution is -2.39. The summed E-state index contributed by atoms with van der Waals surface area (Å²) in [6.45, 7) is 2.36. The first-order valence-corrected chi connectivity index (χ1v) is 8.41. The largest absolute Gasteiger partial charge is 0.497 e. The van der Waals surface area contributed by atoms with Crippen LogP contribution in [0, 0.1) is 5.92 Å². The zero-order valence-electron chi connectivity index (χ0n) is 14.3. The molecule has 6 nitrogen and oxygen atoms in total. The Morgan fingerprint density at radius 1 is 1.33 bits per heavy atom. The number of ether oxygens (including phenoxy) is 2. The number of primary amides is 1. The molecule has 0 aromatic heterocycles. The van der Waals surface area contributed by atoms with Gasteiger partial charge in [-0.3, -0.25) is 4.79 Å². The van der Waals surface area contributed by atoms with Crippen molar-refractivity contribution >= 4 is 12.3 Å². The highest BCUT2D eigenvalue weighted by Gasteiger charge is 2.35. The highest BCUT2D eigenvalue weighted by molar-refractivity contribution is 5.74. The van der Waals surface area contributed by atoms with E-state index in [9.17, 15) is 9.59 Å². The van der Waals surface area contributed by atoms with Gasteiger partial charge >= 0.3 is 6.03 Å². The number of urea groups is 1. The quantitative estimate of drug-likeness (QED) is 0.832. The lowest BCUT2D eigenvalue weighted by atomic mass is 9.91. The molecule has 3 rings (SSSR count). The fourth-order valence-corrected chi connectivity index (χ4v) is 3.12. The molecule has 2 aliphatic rings. The third-order valence-corrected chi connectivity index (χ3v) is 4.47. The summed E-state index contributed by atoms with van der Waals surface area (Å²) in [7, 11) is 1.53. The Bertz CT molecular complexity index is 570. The van der Waals surface area contributed by atoms with E-state index in [1.54, 1.807) is 18.2 Å². The summed E-state index contributed by atoms with van der Waals surface area (Å²) in [5, 5.41) is 2.48. The standard InChI is InChI=1S/C11H12N2O4.C7H14/c1-16-6-2-3-7-8(4-6)17-9(5-14)10(7)13-11(12)15;1-7-5-3-2-4-6-7/h2-5,9-10H,1H3,(H3,12,13,15);7H,2-6H2,1H3. The number of hydrogen-bond donors (Lipinski definition) is 2. The van der Waals surface area contributed by atoms with Crippen LogP contribution in [0.1, 0.15) is 50.6 Å². The van der Waals surface area contributed by atoms with E-state index in [1.165, 1.54) is 39.2 Å². The minimum atomic E-state index is -0.760. The normalized spacial score (nSPS) is 22.4. The van der Waals surface area contributed by atoms with Crippen molar-refractivity contribution in [3.8, 4) is 11.5 Å². The van der Waals surface area contributed by atoms with Crippen molar-refractivity contribution in [1.82, 2.24) is 5.32 Å². The van der Waals surface area contributed by atoms with Gasteiger partial charge in [0.05, 0.1) is 7.11 Å². The Morgan fingerprint density at radius 3 is 2.54 bits per heavy atom. The fourth-order valence-electron chi connectivity index (χ4n) is 3.12. The third-order valence-electron chi connectivity index (χ3n) is 4.47. The zero-order chi connectivity index (χ0) is 17.5. The van der Waals surface area contributed by atoms with Crippen LogP contribution in [0.5, 0.6) is 11.5 Å². The smallest absolute Gasteiger partial charge is 0.312 e. The monoisotopic (exact) mass is 334 g/mol. The number of nitrogens with two attached hydrogens (primary N) is 1. The summed E-state index contributed by atoms with van der Waals surface area (Å²) in [4.78, 5) is 21.7. The van der Waals surface area contributed by atoms with E-state index < -0.39 is 18.2 Å². The summed E-state index contributed by atoms with van der Waals surface area (Å²) < 4.78 is 10.4. The first-order chi connectivity index (χ1) is 11.5. The Balaban J connectivity index is 0.000000249. The number of benzene rings is 1. The molecule has 2 atom stereocenters. The van der Waals surface area contributed by atoms with Crippen LogP contribution < -0.4 is 20.5 Å². The Kier molecular flexibility index (Phi) is 6.46. The van der Waals surface area contributed by atoms with Crippen molar-refractivity contribution in [3.63, 3.8) is 0 Å². The predicted molar refractivity (Wildman–Crippen MR) is 91.2 cm³/mol. The number of carbonyl (C=O) groups is 2. The first kappa shape index (κ1) is 18.1. The molecule has 132 valence electrons. The van der Waals surface area contributed by atoms with Crippen molar-refractivity contribution in [2.75, 3.05) is 7.11 Å². The lowest BCUT2D eigenvalue weighted by Gasteiger charge is -2.15. The number of amides is 2. The second-order valence-corrected chi connectivity index (χ2v) is 6.35. The van der Waals surface area contributed by atoms with Crippen molar-refractivity contribution < 1.29 is 19.1 Å². The molecular weight excluding hydrogens is 308 g/mol. The summed E-state index contributed by atoms with van der Waals surface area (Å²) in [5.74, 6) is 2.17. The van der Waals surface area contributed by atoms with Crippen LogP contribution in [0.4, 0.5) is 4.79 Å². The Labute approximate surface area is 142 Å². The summed E-state index contributed by atoms with van der Waals surface area (Å²) in [5.41, 5.74) is 5.77. The Morgan fingerprint density at radius 2 is 2.04 bits per heavy atom. The highest BCUT2D eigenvalue weighted by atomic mass is 16.5. The van der Waals surface area contributed by atoms with E-state index >= 15 is 0 Å². The van der Waals surface area contributed by atoms with Crippen LogP contribution in [0.25, 0.3) is 0 Å². The minimum absolute atomic E-state index is 0.514. The fraction of sp³-hybridized carbons (Fsp3) is 0.556. The van der Waals surface area contributed by atoms with Gasteiger partial charge in [-0.1, -0.05) is 39.0 Å². The van der Waals surface area contributed by atoms with Crippen molar-refractivity contribution in [2.24, 2.45) is 11.7 Å². The first-order valence-electron chi connectivity index (χ1n) is 8.41. The molecule has 0 saturated heterocycles. The van der Waals surface area contributed by atoms with Crippen molar-refractivity contribution in [2.45, 2.75) is 51.2 Å². The average molecular weight is 334 g/mol. The number of fused-ring (bicyclic) bond motifs is 1. The molecule has 1 aromatic carbocycles. The maximum absolute atomic E-state index is 10.9. The average Bonchev–Trinajstić information content (AvgIpc) is 2.92. The van der Waals surface area contributed by atoms with E-state index in [4.69, 9.17) is 15.2 Å². The van der Waals surface area contributed by atoms with Crippen LogP contribution in [-0.2, 0) is 4.79 Å². The molecule has 1 saturated carbocycles. The van der Waals surface area contributed by atoms with E-state index in [2.05, 4.69) is 12.2 Å². The van der Waals surface area contributed by atoms with Gasteiger partial charge in [-0.15, -0.1) is 0 Å². The molecule has 1 heterocycles. The maximum atomic E-state index is 10.9. The number of nitrogens with one attached hydrogen (secondary N) is 1. The zero-order valence-corrected chi connectivity index (χ0v) is 14.3. The van der Waals surface area contributed by atoms with Crippen LogP contribution in [0.15, 0.2) is 18.2 Å². The number of carbonyl (C=O) groups excluding carboxylic acids is 2. The molecule has 2 amide bonds. The van der Waals surface area contributed by atoms with Gasteiger partial charge in [-0.2, -0.15) is 0 Å². The molecule has 0 spiro atoms. The molecule has 1 aliphatic carbocycles. The van der Waals surface area contributed by atoms with Crippen molar-refractivity contribution in [1.29, 1.82) is 0 Å². The molecule has 3 N–H and O–H groups in total. The van der Waals surface area contributed by atoms with E-state index in [1.807, 2.05) is 0 Å². The molecule has 1 fully saturated rings. The molecule has 2 unspecified atom stereocenters. The van der Waals surface area contributed by atoms with Gasteiger partial charge in [0, 0.05) is 11.6 Å². The summed E-state index contributed by atoms with van der Waals surface area (Å²) in [6.07, 6.45) is 7.31. The molecular formula is C18H26N2O4. The van der Waals surface area contributed by atoms with E-state index in [0.29, 0.717) is 23.3 Å². The van der Waals surface area contributed by atoms with Gasteiger partial charge in [-0.25, -0.2) is 4.79 Å². The second-order valence-electron chi connectivity index (χ2n) is 6.35. The Hall–Kier alpha value is -2.24. The van der Waals surface area contributed by atoms with Crippen molar-refractivity contribution in [3.05, 3.63) is 23.8 Å². The maximum Gasteiger partial charge on any atom is 0.312 e. The highest BCUT2D eigenvalue weighted by Crippen LogP contribution is 2.38. The number of rotatable bonds is 3. The molecule has 1 aromatic rings. The molecule has 0 bridgehead atoms. The molecule has 1 aliphatic heterocycles. The third kappa shape index (κ3) is 4.63. The predicted octanol–water partition coefficient (Wildman–Crippen LogP) is 2.95. The lowest BCUT2D eigenvalue weighted by molar-refractivity contribution is -0.113. The van der Waals surface area contributed by atoms with Crippen LogP contribution in [-0.4, -0.2) is 25.5 Å². The minimum Gasteiger partial charge on any atom is -0.497 e. The summed E-state index contributed by atoms with van der Waals surface area (Å²) >= 11 is 0. The van der Waals surface area contributed by atoms with Gasteiger partial charge in [0.2, 0.25) is 0 Å². The van der Waals surface area contributed by atoms with E-state index in [-0.39, 0.29) is 0 Å². The van der Waals surface area contributed by atoms with Crippen LogP contribution in [0.2, 0.25) is 0 Å². The SMILES string of the molecule is CC1CCCCC1.COc1ccc2c(c1)OC(C=O)C2NC(N)=O. The number of methoxy groups -OCH3 is 1. The van der Waals surface area contributed by atoms with Gasteiger partial charge < -0.3 is 20.5 Å². The van der Waals surface area contributed by atoms with Crippen LogP contribution in [0.3, 0.4) is 0 Å². The topological polar surface area (TPSA) is 90.7 Å². The van der Waals surface area contributed by atoms with Gasteiger partial charge in [-0.05, 0) is 18.1 Å². The van der Waals surface area contributed by atoms with Gasteiger partial charge in [0.1, 0.15) is 17.5 Å². The number of aldehydes is 1. The molecule has 6 heteroatoms. The van der Waals surface area contributed by atoms with Gasteiger partial charge in [0.25, 0.3) is 0 Å². The van der Waals surface area contributed by atoms with Gasteiger partial charge in [0.15, 0.2) is 12.4 Å². The second kappa shape index (κ2) is 8.57. The number of hydrogen-bond acceptors (Lipinski definition) is 4.